The normalized spacial score (nSPS) is 32.5. The van der Waals surface area contributed by atoms with E-state index in [9.17, 15) is 4.79 Å². The molecule has 0 bridgehead atoms. The number of aldehydes is 1. The molecular formula is C8H14O2. The molecule has 2 heteroatoms. The summed E-state index contributed by atoms with van der Waals surface area (Å²) in [7, 11) is 0. The average molecular weight is 142 g/mol. The highest BCUT2D eigenvalue weighted by molar-refractivity contribution is 5.50. The van der Waals surface area contributed by atoms with Gasteiger partial charge in [-0.3, -0.25) is 0 Å². The van der Waals surface area contributed by atoms with Gasteiger partial charge in [-0.1, -0.05) is 6.92 Å². The Morgan fingerprint density at radius 1 is 1.50 bits per heavy atom. The minimum atomic E-state index is 0.224. The van der Waals surface area contributed by atoms with Gasteiger partial charge in [-0.25, -0.2) is 0 Å². The monoisotopic (exact) mass is 142 g/mol. The largest absolute Gasteiger partial charge is 0.375 e. The Bertz CT molecular complexity index is 112. The van der Waals surface area contributed by atoms with Crippen LogP contribution in [0.3, 0.4) is 0 Å². The van der Waals surface area contributed by atoms with Crippen LogP contribution in [0.2, 0.25) is 0 Å². The van der Waals surface area contributed by atoms with E-state index in [1.54, 1.807) is 0 Å². The summed E-state index contributed by atoms with van der Waals surface area (Å²) in [6, 6.07) is 0. The molecule has 2 atom stereocenters. The fraction of sp³-hybridized carbons (Fsp3) is 0.875. The van der Waals surface area contributed by atoms with Crippen molar-refractivity contribution in [2.24, 2.45) is 0 Å². The third-order valence-electron chi connectivity index (χ3n) is 2.01. The fourth-order valence-electron chi connectivity index (χ4n) is 1.36. The van der Waals surface area contributed by atoms with Gasteiger partial charge in [0.15, 0.2) is 0 Å². The zero-order valence-corrected chi connectivity index (χ0v) is 6.38. The highest BCUT2D eigenvalue weighted by atomic mass is 16.5. The Kier molecular flexibility index (Phi) is 2.87. The van der Waals surface area contributed by atoms with Crippen molar-refractivity contribution in [2.75, 3.05) is 0 Å². The number of hydrogen-bond acceptors (Lipinski definition) is 2. The minimum Gasteiger partial charge on any atom is -0.375 e. The van der Waals surface area contributed by atoms with Gasteiger partial charge in [-0.05, 0) is 19.3 Å². The first kappa shape index (κ1) is 7.73. The van der Waals surface area contributed by atoms with Crippen molar-refractivity contribution in [3.05, 3.63) is 0 Å². The summed E-state index contributed by atoms with van der Waals surface area (Å²) in [6.07, 6.45) is 5.45. The van der Waals surface area contributed by atoms with Crippen LogP contribution < -0.4 is 0 Å². The highest BCUT2D eigenvalue weighted by Gasteiger charge is 2.22. The molecule has 0 amide bonds. The lowest BCUT2D eigenvalue weighted by Gasteiger charge is -2.08. The highest BCUT2D eigenvalue weighted by Crippen LogP contribution is 2.22. The molecule has 0 radical (unpaired) electrons. The van der Waals surface area contributed by atoms with E-state index in [4.69, 9.17) is 4.74 Å². The summed E-state index contributed by atoms with van der Waals surface area (Å²) in [5.74, 6) is 0. The molecule has 2 unspecified atom stereocenters. The first-order valence-electron chi connectivity index (χ1n) is 3.96. The summed E-state index contributed by atoms with van der Waals surface area (Å²) in [4.78, 5) is 10.1. The lowest BCUT2D eigenvalue weighted by Crippen LogP contribution is -2.09. The van der Waals surface area contributed by atoms with Crippen molar-refractivity contribution in [1.29, 1.82) is 0 Å². The molecule has 1 fully saturated rings. The Morgan fingerprint density at radius 3 is 2.70 bits per heavy atom. The summed E-state index contributed by atoms with van der Waals surface area (Å²) >= 11 is 0. The maximum Gasteiger partial charge on any atom is 0.122 e. The molecule has 0 spiro atoms. The second kappa shape index (κ2) is 3.71. The molecule has 0 aromatic carbocycles. The van der Waals surface area contributed by atoms with E-state index < -0.39 is 0 Å². The molecule has 1 aliphatic rings. The van der Waals surface area contributed by atoms with Gasteiger partial charge in [0.1, 0.15) is 6.29 Å². The number of hydrogen-bond donors (Lipinski definition) is 0. The second-order valence-corrected chi connectivity index (χ2v) is 2.77. The Balaban J connectivity index is 2.21. The van der Waals surface area contributed by atoms with Gasteiger partial charge in [0.25, 0.3) is 0 Å². The summed E-state index contributed by atoms with van der Waals surface area (Å²) in [6.45, 7) is 2.12. The van der Waals surface area contributed by atoms with Crippen LogP contribution >= 0.6 is 0 Å². The molecule has 0 saturated carbocycles. The smallest absolute Gasteiger partial charge is 0.122 e. The molecule has 0 N–H and O–H groups in total. The minimum absolute atomic E-state index is 0.224. The van der Waals surface area contributed by atoms with Crippen molar-refractivity contribution in [2.45, 2.75) is 44.8 Å². The molecule has 10 heavy (non-hydrogen) atoms. The van der Waals surface area contributed by atoms with Crippen LogP contribution in [0, 0.1) is 0 Å². The number of carbonyl (C=O) groups excluding carboxylic acids is 1. The quantitative estimate of drug-likeness (QED) is 0.558. The molecule has 1 saturated heterocycles. The predicted molar refractivity (Wildman–Crippen MR) is 38.9 cm³/mol. The van der Waals surface area contributed by atoms with Gasteiger partial charge >= 0.3 is 0 Å². The summed E-state index contributed by atoms with van der Waals surface area (Å²) in [5, 5.41) is 0. The van der Waals surface area contributed by atoms with E-state index in [1.165, 1.54) is 0 Å². The molecular weight excluding hydrogens is 128 g/mol. The SMILES string of the molecule is CCC1CCC(CC=O)O1. The molecule has 2 nitrogen and oxygen atoms in total. The van der Waals surface area contributed by atoms with Crippen molar-refractivity contribution < 1.29 is 9.53 Å². The molecule has 0 aliphatic carbocycles. The van der Waals surface area contributed by atoms with Crippen LogP contribution in [0.25, 0.3) is 0 Å². The zero-order chi connectivity index (χ0) is 7.40. The van der Waals surface area contributed by atoms with Gasteiger partial charge in [0.2, 0.25) is 0 Å². The van der Waals surface area contributed by atoms with Gasteiger partial charge in [-0.15, -0.1) is 0 Å². The van der Waals surface area contributed by atoms with Crippen molar-refractivity contribution >= 4 is 6.29 Å². The summed E-state index contributed by atoms with van der Waals surface area (Å²) in [5.41, 5.74) is 0. The molecule has 0 aromatic heterocycles. The van der Waals surface area contributed by atoms with Gasteiger partial charge < -0.3 is 9.53 Å². The van der Waals surface area contributed by atoms with Gasteiger partial charge in [0, 0.05) is 6.42 Å². The number of carbonyl (C=O) groups is 1. The lowest BCUT2D eigenvalue weighted by atomic mass is 10.1. The number of ether oxygens (including phenoxy) is 1. The van der Waals surface area contributed by atoms with Crippen LogP contribution in [0.1, 0.15) is 32.6 Å². The molecule has 1 rings (SSSR count). The van der Waals surface area contributed by atoms with E-state index >= 15 is 0 Å². The van der Waals surface area contributed by atoms with Gasteiger partial charge in [0.05, 0.1) is 12.2 Å². The van der Waals surface area contributed by atoms with E-state index in [-0.39, 0.29) is 6.10 Å². The van der Waals surface area contributed by atoms with E-state index in [0.29, 0.717) is 12.5 Å². The topological polar surface area (TPSA) is 26.3 Å². The van der Waals surface area contributed by atoms with Crippen molar-refractivity contribution in [3.63, 3.8) is 0 Å². The average Bonchev–Trinajstić information content (AvgIpc) is 2.37. The zero-order valence-electron chi connectivity index (χ0n) is 6.38. The van der Waals surface area contributed by atoms with Gasteiger partial charge in [-0.2, -0.15) is 0 Å². The van der Waals surface area contributed by atoms with Crippen LogP contribution in [-0.4, -0.2) is 18.5 Å². The van der Waals surface area contributed by atoms with E-state index in [1.807, 2.05) is 0 Å². The molecule has 1 aliphatic heterocycles. The molecule has 58 valence electrons. The Labute approximate surface area is 61.6 Å². The van der Waals surface area contributed by atoms with E-state index in [0.717, 1.165) is 25.5 Å². The van der Waals surface area contributed by atoms with Crippen molar-refractivity contribution in [3.8, 4) is 0 Å². The fourth-order valence-corrected chi connectivity index (χ4v) is 1.36. The third-order valence-corrected chi connectivity index (χ3v) is 2.01. The third kappa shape index (κ3) is 1.81. The molecule has 1 heterocycles. The van der Waals surface area contributed by atoms with E-state index in [2.05, 4.69) is 6.92 Å². The second-order valence-electron chi connectivity index (χ2n) is 2.77. The van der Waals surface area contributed by atoms with Crippen molar-refractivity contribution in [1.82, 2.24) is 0 Å². The maximum absolute atomic E-state index is 10.1. The maximum atomic E-state index is 10.1. The van der Waals surface area contributed by atoms with Crippen LogP contribution in [0.4, 0.5) is 0 Å². The van der Waals surface area contributed by atoms with Crippen LogP contribution in [0.15, 0.2) is 0 Å². The Hall–Kier alpha value is -0.370. The first-order valence-corrected chi connectivity index (χ1v) is 3.96. The lowest BCUT2D eigenvalue weighted by molar-refractivity contribution is -0.110. The Morgan fingerprint density at radius 2 is 2.20 bits per heavy atom. The number of rotatable bonds is 3. The predicted octanol–water partition coefficient (Wildman–Crippen LogP) is 1.53. The molecule has 0 aromatic rings. The summed E-state index contributed by atoms with van der Waals surface area (Å²) < 4.78 is 5.52. The van der Waals surface area contributed by atoms with Crippen LogP contribution in [-0.2, 0) is 9.53 Å². The standard InChI is InChI=1S/C8H14O2/c1-2-7-3-4-8(10-7)5-6-9/h6-8H,2-5H2,1H3. The first-order chi connectivity index (χ1) is 4.86. The van der Waals surface area contributed by atoms with Crippen LogP contribution in [0.5, 0.6) is 0 Å².